The van der Waals surface area contributed by atoms with Gasteiger partial charge < -0.3 is 10.6 Å². The Morgan fingerprint density at radius 3 is 2.63 bits per heavy atom. The first kappa shape index (κ1) is 14.0. The van der Waals surface area contributed by atoms with Crippen LogP contribution in [0.2, 0.25) is 0 Å². The molecule has 0 atom stereocenters. The number of hydrogen-bond donors (Lipinski definition) is 1. The van der Waals surface area contributed by atoms with Crippen LogP contribution in [0.5, 0.6) is 0 Å². The van der Waals surface area contributed by atoms with E-state index in [1.807, 2.05) is 24.5 Å². The highest BCUT2D eigenvalue weighted by atomic mass is 79.9. The van der Waals surface area contributed by atoms with E-state index in [1.165, 1.54) is 11.1 Å². The second-order valence-corrected chi connectivity index (χ2v) is 5.55. The molecule has 2 rings (SSSR count). The molecule has 1 heterocycles. The first-order valence-electron chi connectivity index (χ1n) is 6.26. The summed E-state index contributed by atoms with van der Waals surface area (Å²) in [7, 11) is 2.13. The van der Waals surface area contributed by atoms with Crippen molar-refractivity contribution in [2.24, 2.45) is 0 Å². The molecule has 2 N–H and O–H groups in total. The van der Waals surface area contributed by atoms with E-state index in [-0.39, 0.29) is 0 Å². The molecule has 0 aliphatic heterocycles. The normalized spacial score (nSPS) is 10.9. The minimum Gasteiger partial charge on any atom is -0.399 e. The fraction of sp³-hybridized carbons (Fsp3) is 0.267. The third kappa shape index (κ3) is 4.33. The van der Waals surface area contributed by atoms with E-state index in [4.69, 9.17) is 5.73 Å². The van der Waals surface area contributed by atoms with Gasteiger partial charge in [0.2, 0.25) is 0 Å². The van der Waals surface area contributed by atoms with Crippen LogP contribution in [0.15, 0.2) is 47.2 Å². The number of nitrogens with zero attached hydrogens (tertiary/aromatic N) is 2. The highest BCUT2D eigenvalue weighted by molar-refractivity contribution is 9.10. The average molecular weight is 320 g/mol. The predicted octanol–water partition coefficient (Wildman–Crippen LogP) is 3.10. The Bertz CT molecular complexity index is 528. The van der Waals surface area contributed by atoms with Gasteiger partial charge in [0.05, 0.1) is 0 Å². The van der Waals surface area contributed by atoms with Gasteiger partial charge in [-0.1, -0.05) is 22.0 Å². The molecular formula is C15H18BrN3. The molecule has 0 unspecified atom stereocenters. The Kier molecular flexibility index (Phi) is 4.93. The molecule has 3 nitrogen and oxygen atoms in total. The summed E-state index contributed by atoms with van der Waals surface area (Å²) in [4.78, 5) is 6.33. The maximum absolute atomic E-state index is 5.74. The van der Waals surface area contributed by atoms with Crippen LogP contribution < -0.4 is 5.73 Å². The first-order valence-corrected chi connectivity index (χ1v) is 7.06. The second kappa shape index (κ2) is 6.68. The number of halogens is 1. The van der Waals surface area contributed by atoms with Crippen molar-refractivity contribution in [3.05, 3.63) is 58.3 Å². The van der Waals surface area contributed by atoms with Gasteiger partial charge in [-0.05, 0) is 48.9 Å². The Morgan fingerprint density at radius 2 is 1.95 bits per heavy atom. The summed E-state index contributed by atoms with van der Waals surface area (Å²) in [5, 5.41) is 0. The lowest BCUT2D eigenvalue weighted by molar-refractivity contribution is 0.330. The van der Waals surface area contributed by atoms with Crippen LogP contribution >= 0.6 is 15.9 Å². The lowest BCUT2D eigenvalue weighted by atomic mass is 10.1. The van der Waals surface area contributed by atoms with Gasteiger partial charge in [-0.3, -0.25) is 4.98 Å². The van der Waals surface area contributed by atoms with Crippen molar-refractivity contribution in [1.29, 1.82) is 0 Å². The highest BCUT2D eigenvalue weighted by Crippen LogP contribution is 2.21. The summed E-state index contributed by atoms with van der Waals surface area (Å²) in [5.41, 5.74) is 9.10. The van der Waals surface area contributed by atoms with Crippen LogP contribution in [0.1, 0.15) is 11.1 Å². The highest BCUT2D eigenvalue weighted by Gasteiger charge is 2.05. The molecule has 1 aromatic heterocycles. The van der Waals surface area contributed by atoms with Crippen LogP contribution in [0.3, 0.4) is 0 Å². The van der Waals surface area contributed by atoms with Gasteiger partial charge in [-0.2, -0.15) is 0 Å². The van der Waals surface area contributed by atoms with Crippen LogP contribution in [0.4, 0.5) is 5.69 Å². The number of likely N-dealkylation sites (N-methyl/N-ethyl adjacent to an activating group) is 1. The van der Waals surface area contributed by atoms with Gasteiger partial charge in [-0.15, -0.1) is 0 Å². The van der Waals surface area contributed by atoms with Crippen LogP contribution in [0, 0.1) is 0 Å². The van der Waals surface area contributed by atoms with E-state index in [1.54, 1.807) is 0 Å². The summed E-state index contributed by atoms with van der Waals surface area (Å²) in [6, 6.07) is 10.1. The molecule has 0 aliphatic carbocycles. The summed E-state index contributed by atoms with van der Waals surface area (Å²) >= 11 is 3.56. The Labute approximate surface area is 122 Å². The van der Waals surface area contributed by atoms with E-state index >= 15 is 0 Å². The molecular weight excluding hydrogens is 302 g/mol. The lowest BCUT2D eigenvalue weighted by Crippen LogP contribution is -2.21. The van der Waals surface area contributed by atoms with Crippen molar-refractivity contribution >= 4 is 21.6 Å². The van der Waals surface area contributed by atoms with Crippen molar-refractivity contribution < 1.29 is 0 Å². The monoisotopic (exact) mass is 319 g/mol. The molecule has 0 bridgehead atoms. The molecule has 2 aromatic rings. The van der Waals surface area contributed by atoms with Crippen LogP contribution in [-0.2, 0) is 13.0 Å². The lowest BCUT2D eigenvalue weighted by Gasteiger charge is -2.17. The van der Waals surface area contributed by atoms with E-state index in [9.17, 15) is 0 Å². The molecule has 1 aromatic carbocycles. The molecule has 4 heteroatoms. The molecule has 0 amide bonds. The Hall–Kier alpha value is -1.39. The van der Waals surface area contributed by atoms with Crippen molar-refractivity contribution in [2.75, 3.05) is 19.3 Å². The van der Waals surface area contributed by atoms with Crippen LogP contribution in [-0.4, -0.2) is 23.5 Å². The maximum atomic E-state index is 5.74. The summed E-state index contributed by atoms with van der Waals surface area (Å²) < 4.78 is 1.07. The predicted molar refractivity (Wildman–Crippen MR) is 82.8 cm³/mol. The molecule has 0 saturated carbocycles. The fourth-order valence-corrected chi connectivity index (χ4v) is 2.45. The number of benzene rings is 1. The number of hydrogen-bond acceptors (Lipinski definition) is 3. The summed E-state index contributed by atoms with van der Waals surface area (Å²) in [6.45, 7) is 1.92. The molecule has 0 radical (unpaired) electrons. The van der Waals surface area contributed by atoms with Crippen molar-refractivity contribution in [3.63, 3.8) is 0 Å². The number of nitrogen functional groups attached to an aromatic ring is 1. The largest absolute Gasteiger partial charge is 0.399 e. The van der Waals surface area contributed by atoms with Gasteiger partial charge in [0.25, 0.3) is 0 Å². The Balaban J connectivity index is 1.89. The van der Waals surface area contributed by atoms with Gasteiger partial charge in [0, 0.05) is 35.6 Å². The average Bonchev–Trinajstić information content (AvgIpc) is 2.41. The van der Waals surface area contributed by atoms with E-state index < -0.39 is 0 Å². The van der Waals surface area contributed by atoms with Crippen molar-refractivity contribution in [2.45, 2.75) is 13.0 Å². The smallest absolute Gasteiger partial charge is 0.0325 e. The van der Waals surface area contributed by atoms with Gasteiger partial charge in [0.15, 0.2) is 0 Å². The van der Waals surface area contributed by atoms with E-state index in [0.29, 0.717) is 0 Å². The number of aromatic nitrogens is 1. The molecule has 100 valence electrons. The molecule has 19 heavy (non-hydrogen) atoms. The SMILES string of the molecule is CN(CCc1ccncc1)Cc1ccc(N)cc1Br. The quantitative estimate of drug-likeness (QED) is 0.861. The number of nitrogens with two attached hydrogens (primary N) is 1. The van der Waals surface area contributed by atoms with E-state index in [0.717, 1.165) is 29.7 Å². The summed E-state index contributed by atoms with van der Waals surface area (Å²) in [6.07, 6.45) is 4.71. The van der Waals surface area contributed by atoms with Crippen molar-refractivity contribution in [3.8, 4) is 0 Å². The first-order chi connectivity index (χ1) is 9.15. The third-order valence-electron chi connectivity index (χ3n) is 3.05. The maximum Gasteiger partial charge on any atom is 0.0325 e. The number of rotatable bonds is 5. The molecule has 0 spiro atoms. The zero-order valence-corrected chi connectivity index (χ0v) is 12.6. The second-order valence-electron chi connectivity index (χ2n) is 4.69. The molecule has 0 aliphatic rings. The third-order valence-corrected chi connectivity index (χ3v) is 3.79. The molecule has 0 fully saturated rings. The Morgan fingerprint density at radius 1 is 1.21 bits per heavy atom. The van der Waals surface area contributed by atoms with Crippen molar-refractivity contribution in [1.82, 2.24) is 9.88 Å². The topological polar surface area (TPSA) is 42.2 Å². The molecule has 0 saturated heterocycles. The van der Waals surface area contributed by atoms with Gasteiger partial charge in [0.1, 0.15) is 0 Å². The zero-order valence-electron chi connectivity index (χ0n) is 11.0. The van der Waals surface area contributed by atoms with Gasteiger partial charge in [-0.25, -0.2) is 0 Å². The van der Waals surface area contributed by atoms with Crippen LogP contribution in [0.25, 0.3) is 0 Å². The minimum atomic E-state index is 0.787. The van der Waals surface area contributed by atoms with E-state index in [2.05, 4.69) is 51.1 Å². The number of anilines is 1. The zero-order chi connectivity index (χ0) is 13.7. The fourth-order valence-electron chi connectivity index (χ4n) is 1.93. The minimum absolute atomic E-state index is 0.787. The number of pyridine rings is 1. The summed E-state index contributed by atoms with van der Waals surface area (Å²) in [5.74, 6) is 0. The standard InChI is InChI=1S/C15H18BrN3/c1-19(9-6-12-4-7-18-8-5-12)11-13-2-3-14(17)10-15(13)16/h2-5,7-8,10H,6,9,11,17H2,1H3. The van der Waals surface area contributed by atoms with Gasteiger partial charge >= 0.3 is 0 Å².